The molecule has 0 radical (unpaired) electrons. The minimum Gasteiger partial charge on any atom is -0.390 e. The number of nitrogens with zero attached hydrogens (tertiary/aromatic N) is 1. The number of hydrogen-bond acceptors (Lipinski definition) is 3. The molecule has 6 heteroatoms. The summed E-state index contributed by atoms with van der Waals surface area (Å²) in [6.45, 7) is -1.90. The van der Waals surface area contributed by atoms with Gasteiger partial charge in [0, 0.05) is 6.20 Å². The lowest BCUT2D eigenvalue weighted by atomic mass is 10.3. The van der Waals surface area contributed by atoms with Gasteiger partial charge in [-0.15, -0.1) is 0 Å². The molecule has 0 amide bonds. The van der Waals surface area contributed by atoms with E-state index in [1.807, 2.05) is 0 Å². The summed E-state index contributed by atoms with van der Waals surface area (Å²) in [6.07, 6.45) is 1.44. The van der Waals surface area contributed by atoms with Crippen LogP contribution in [0.1, 0.15) is 0 Å². The van der Waals surface area contributed by atoms with Crippen molar-refractivity contribution in [3.05, 3.63) is 23.4 Å². The van der Waals surface area contributed by atoms with Crippen LogP contribution >= 0.6 is 11.6 Å². The number of anilines is 1. The molecule has 0 unspecified atom stereocenters. The van der Waals surface area contributed by atoms with Gasteiger partial charge in [0.1, 0.15) is 12.4 Å². The second kappa shape index (κ2) is 4.52. The van der Waals surface area contributed by atoms with E-state index in [0.717, 1.165) is 0 Å². The molecule has 1 aromatic heterocycles. The highest BCUT2D eigenvalue weighted by Gasteiger charge is 2.27. The Balaban J connectivity index is 2.58. The van der Waals surface area contributed by atoms with Gasteiger partial charge in [-0.25, -0.2) is 13.8 Å². The van der Waals surface area contributed by atoms with E-state index in [4.69, 9.17) is 16.7 Å². The maximum atomic E-state index is 12.6. The molecule has 0 bridgehead atoms. The SMILES string of the molecule is OCC(F)(F)CNc1ncccc1Cl. The molecule has 0 aliphatic heterocycles. The van der Waals surface area contributed by atoms with Crippen molar-refractivity contribution in [1.29, 1.82) is 0 Å². The average molecular weight is 223 g/mol. The second-order valence-electron chi connectivity index (χ2n) is 2.70. The molecule has 1 aromatic rings. The number of rotatable bonds is 4. The third kappa shape index (κ3) is 3.08. The van der Waals surface area contributed by atoms with Gasteiger partial charge in [0.15, 0.2) is 0 Å². The van der Waals surface area contributed by atoms with Crippen molar-refractivity contribution < 1.29 is 13.9 Å². The van der Waals surface area contributed by atoms with Crippen LogP contribution in [0.15, 0.2) is 18.3 Å². The first-order valence-corrected chi connectivity index (χ1v) is 4.26. The van der Waals surface area contributed by atoms with Crippen molar-refractivity contribution in [1.82, 2.24) is 4.98 Å². The zero-order chi connectivity index (χ0) is 10.6. The topological polar surface area (TPSA) is 45.1 Å². The molecular formula is C8H9ClF2N2O. The Bertz CT molecular complexity index is 309. The molecular weight excluding hydrogens is 214 g/mol. The van der Waals surface area contributed by atoms with E-state index in [0.29, 0.717) is 0 Å². The lowest BCUT2D eigenvalue weighted by Gasteiger charge is -2.14. The van der Waals surface area contributed by atoms with E-state index in [-0.39, 0.29) is 10.8 Å². The predicted molar refractivity (Wildman–Crippen MR) is 49.8 cm³/mol. The second-order valence-corrected chi connectivity index (χ2v) is 3.11. The van der Waals surface area contributed by atoms with Gasteiger partial charge in [-0.3, -0.25) is 0 Å². The number of aliphatic hydroxyl groups excluding tert-OH is 1. The molecule has 2 N–H and O–H groups in total. The van der Waals surface area contributed by atoms with Gasteiger partial charge >= 0.3 is 0 Å². The Hall–Kier alpha value is -0.940. The summed E-state index contributed by atoms with van der Waals surface area (Å²) in [5, 5.41) is 10.9. The molecule has 0 aliphatic carbocycles. The molecule has 0 fully saturated rings. The monoisotopic (exact) mass is 222 g/mol. The molecule has 0 saturated carbocycles. The lowest BCUT2D eigenvalue weighted by Crippen LogP contribution is -2.31. The fourth-order valence-corrected chi connectivity index (χ4v) is 0.973. The fourth-order valence-electron chi connectivity index (χ4n) is 0.785. The quantitative estimate of drug-likeness (QED) is 0.816. The van der Waals surface area contributed by atoms with Crippen LogP contribution in [0.4, 0.5) is 14.6 Å². The Labute approximate surface area is 84.7 Å². The third-order valence-corrected chi connectivity index (χ3v) is 1.81. The van der Waals surface area contributed by atoms with E-state index in [9.17, 15) is 8.78 Å². The zero-order valence-corrected chi connectivity index (χ0v) is 7.93. The Morgan fingerprint density at radius 2 is 2.29 bits per heavy atom. The molecule has 0 spiro atoms. The Kier molecular flexibility index (Phi) is 3.60. The van der Waals surface area contributed by atoms with E-state index >= 15 is 0 Å². The zero-order valence-electron chi connectivity index (χ0n) is 7.17. The van der Waals surface area contributed by atoms with E-state index < -0.39 is 19.1 Å². The van der Waals surface area contributed by atoms with Gasteiger partial charge in [-0.1, -0.05) is 11.6 Å². The van der Waals surface area contributed by atoms with Gasteiger partial charge in [-0.05, 0) is 12.1 Å². The van der Waals surface area contributed by atoms with Crippen molar-refractivity contribution in [2.75, 3.05) is 18.5 Å². The fraction of sp³-hybridized carbons (Fsp3) is 0.375. The number of nitrogens with one attached hydrogen (secondary N) is 1. The minimum atomic E-state index is -3.17. The summed E-state index contributed by atoms with van der Waals surface area (Å²) in [6, 6.07) is 3.13. The largest absolute Gasteiger partial charge is 0.390 e. The number of halogens is 3. The number of aromatic nitrogens is 1. The molecule has 1 rings (SSSR count). The van der Waals surface area contributed by atoms with E-state index in [2.05, 4.69) is 10.3 Å². The van der Waals surface area contributed by atoms with Crippen LogP contribution in [0.5, 0.6) is 0 Å². The summed E-state index contributed by atoms with van der Waals surface area (Å²) in [7, 11) is 0. The van der Waals surface area contributed by atoms with Crippen molar-refractivity contribution in [2.24, 2.45) is 0 Å². The van der Waals surface area contributed by atoms with Crippen LogP contribution in [0.3, 0.4) is 0 Å². The molecule has 0 aromatic carbocycles. The highest BCUT2D eigenvalue weighted by molar-refractivity contribution is 6.32. The smallest absolute Gasteiger partial charge is 0.287 e. The van der Waals surface area contributed by atoms with Gasteiger partial charge in [-0.2, -0.15) is 0 Å². The van der Waals surface area contributed by atoms with Crippen molar-refractivity contribution in [3.8, 4) is 0 Å². The van der Waals surface area contributed by atoms with E-state index in [1.54, 1.807) is 6.07 Å². The molecule has 3 nitrogen and oxygen atoms in total. The summed E-state index contributed by atoms with van der Waals surface area (Å²) in [5.41, 5.74) is 0. The first kappa shape index (κ1) is 11.1. The van der Waals surface area contributed by atoms with Crippen LogP contribution in [0, 0.1) is 0 Å². The summed E-state index contributed by atoms with van der Waals surface area (Å²) in [5.74, 6) is -2.98. The first-order valence-electron chi connectivity index (χ1n) is 3.88. The summed E-state index contributed by atoms with van der Waals surface area (Å²) in [4.78, 5) is 3.76. The maximum absolute atomic E-state index is 12.6. The number of pyridine rings is 1. The molecule has 78 valence electrons. The Morgan fingerprint density at radius 1 is 1.57 bits per heavy atom. The number of alkyl halides is 2. The molecule has 0 saturated heterocycles. The normalized spacial score (nSPS) is 11.4. The number of aliphatic hydroxyl groups is 1. The molecule has 1 heterocycles. The standard InChI is InChI=1S/C8H9ClF2N2O/c9-6-2-1-3-12-7(6)13-4-8(10,11)5-14/h1-3,14H,4-5H2,(H,12,13). The third-order valence-electron chi connectivity index (χ3n) is 1.50. The molecule has 14 heavy (non-hydrogen) atoms. The van der Waals surface area contributed by atoms with Crippen LogP contribution in [-0.2, 0) is 0 Å². The Morgan fingerprint density at radius 3 is 2.86 bits per heavy atom. The van der Waals surface area contributed by atoms with Crippen LogP contribution < -0.4 is 5.32 Å². The predicted octanol–water partition coefficient (Wildman–Crippen LogP) is 1.77. The van der Waals surface area contributed by atoms with Crippen molar-refractivity contribution in [2.45, 2.75) is 5.92 Å². The summed E-state index contributed by atoms with van der Waals surface area (Å²) >= 11 is 5.66. The van der Waals surface area contributed by atoms with Crippen LogP contribution in [0.25, 0.3) is 0 Å². The minimum absolute atomic E-state index is 0.183. The van der Waals surface area contributed by atoms with Gasteiger partial charge in [0.05, 0.1) is 11.6 Å². The highest BCUT2D eigenvalue weighted by atomic mass is 35.5. The lowest BCUT2D eigenvalue weighted by molar-refractivity contribution is -0.0373. The molecule has 0 atom stereocenters. The summed E-state index contributed by atoms with van der Waals surface area (Å²) < 4.78 is 25.2. The van der Waals surface area contributed by atoms with Crippen molar-refractivity contribution >= 4 is 17.4 Å². The van der Waals surface area contributed by atoms with Crippen LogP contribution in [0.2, 0.25) is 5.02 Å². The highest BCUT2D eigenvalue weighted by Crippen LogP contribution is 2.19. The van der Waals surface area contributed by atoms with Gasteiger partial charge in [0.2, 0.25) is 0 Å². The van der Waals surface area contributed by atoms with Gasteiger partial charge < -0.3 is 10.4 Å². The van der Waals surface area contributed by atoms with Crippen molar-refractivity contribution in [3.63, 3.8) is 0 Å². The van der Waals surface area contributed by atoms with E-state index in [1.165, 1.54) is 12.3 Å². The molecule has 0 aliphatic rings. The first-order chi connectivity index (χ1) is 6.55. The van der Waals surface area contributed by atoms with Gasteiger partial charge in [0.25, 0.3) is 5.92 Å². The van der Waals surface area contributed by atoms with Crippen LogP contribution in [-0.4, -0.2) is 29.2 Å². The maximum Gasteiger partial charge on any atom is 0.287 e. The number of hydrogen-bond donors (Lipinski definition) is 2. The average Bonchev–Trinajstić information content (AvgIpc) is 2.17.